The second kappa shape index (κ2) is 2.56. The zero-order valence-electron chi connectivity index (χ0n) is 3.91. The van der Waals surface area contributed by atoms with Crippen molar-refractivity contribution in [2.24, 2.45) is 0 Å². The van der Waals surface area contributed by atoms with Crippen LogP contribution < -0.4 is 0 Å². The van der Waals surface area contributed by atoms with Gasteiger partial charge in [0.05, 0.1) is 0 Å². The minimum Gasteiger partial charge on any atom is -0.247 e. The summed E-state index contributed by atoms with van der Waals surface area (Å²) in [6.07, 6.45) is -0.731. The van der Waals surface area contributed by atoms with Gasteiger partial charge in [-0.2, -0.15) is 0 Å². The molecule has 0 nitrogen and oxygen atoms in total. The van der Waals surface area contributed by atoms with Gasteiger partial charge < -0.3 is 0 Å². The largest absolute Gasteiger partial charge is 0.247 e. The smallest absolute Gasteiger partial charge is 0.109 e. The van der Waals surface area contributed by atoms with E-state index in [1.807, 2.05) is 0 Å². The molecule has 2 atom stereocenters. The summed E-state index contributed by atoms with van der Waals surface area (Å²) < 4.78 is 11.8. The Morgan fingerprint density at radius 2 is 1.67 bits per heavy atom. The summed E-state index contributed by atoms with van der Waals surface area (Å²) in [5.74, 6) is 0. The van der Waals surface area contributed by atoms with E-state index in [1.165, 1.54) is 6.92 Å². The number of hydrogen-bond donors (Lipinski definition) is 0. The van der Waals surface area contributed by atoms with Crippen LogP contribution in [0.5, 0.6) is 0 Å². The molecule has 0 spiro atoms. The zero-order chi connectivity index (χ0) is 5.15. The lowest BCUT2D eigenvalue weighted by atomic mass is 10.3. The molecule has 2 heteroatoms. The fourth-order valence-electron chi connectivity index (χ4n) is 0. The van der Waals surface area contributed by atoms with E-state index in [4.69, 9.17) is 0 Å². The summed E-state index contributed by atoms with van der Waals surface area (Å²) in [7, 11) is 0. The van der Waals surface area contributed by atoms with Crippen molar-refractivity contribution in [3.63, 3.8) is 0 Å². The molecular formula is C4H8BrF. The molecule has 0 bridgehead atoms. The van der Waals surface area contributed by atoms with E-state index in [9.17, 15) is 4.39 Å². The zero-order valence-corrected chi connectivity index (χ0v) is 5.50. The first-order chi connectivity index (χ1) is 2.64. The Hall–Kier alpha value is 0.410. The Morgan fingerprint density at radius 1 is 1.50 bits per heavy atom. The van der Waals surface area contributed by atoms with E-state index in [0.717, 1.165) is 0 Å². The monoisotopic (exact) mass is 154 g/mol. The number of rotatable bonds is 1. The maximum atomic E-state index is 11.8. The second-order valence-electron chi connectivity index (χ2n) is 1.36. The maximum absolute atomic E-state index is 11.8. The van der Waals surface area contributed by atoms with Crippen LogP contribution in [-0.2, 0) is 0 Å². The Labute approximate surface area is 45.9 Å². The molecule has 0 aromatic rings. The van der Waals surface area contributed by atoms with Crippen LogP contribution in [-0.4, -0.2) is 11.0 Å². The second-order valence-corrected chi connectivity index (χ2v) is 2.80. The van der Waals surface area contributed by atoms with Crippen molar-refractivity contribution in [2.45, 2.75) is 24.8 Å². The van der Waals surface area contributed by atoms with Gasteiger partial charge in [-0.15, -0.1) is 0 Å². The molecule has 0 aliphatic heterocycles. The highest BCUT2D eigenvalue weighted by molar-refractivity contribution is 9.09. The SMILES string of the molecule is C[C@H](Br)[C@@H](C)F. The minimum absolute atomic E-state index is 0.00231. The molecular weight excluding hydrogens is 147 g/mol. The van der Waals surface area contributed by atoms with Crippen molar-refractivity contribution < 1.29 is 4.39 Å². The average Bonchev–Trinajstić information content (AvgIpc) is 1.36. The lowest BCUT2D eigenvalue weighted by Gasteiger charge is -1.99. The third-order valence-electron chi connectivity index (χ3n) is 0.633. The summed E-state index contributed by atoms with van der Waals surface area (Å²) in [5.41, 5.74) is 0. The van der Waals surface area contributed by atoms with E-state index in [-0.39, 0.29) is 4.83 Å². The predicted octanol–water partition coefficient (Wildman–Crippen LogP) is 2.13. The van der Waals surface area contributed by atoms with Crippen LogP contribution in [0.15, 0.2) is 0 Å². The Balaban J connectivity index is 2.99. The number of halogens is 2. The number of alkyl halides is 2. The van der Waals surface area contributed by atoms with Gasteiger partial charge in [0.1, 0.15) is 6.17 Å². The van der Waals surface area contributed by atoms with Crippen LogP contribution in [0.3, 0.4) is 0 Å². The molecule has 0 N–H and O–H groups in total. The van der Waals surface area contributed by atoms with E-state index in [2.05, 4.69) is 15.9 Å². The van der Waals surface area contributed by atoms with Crippen LogP contribution in [0.2, 0.25) is 0 Å². The third-order valence-corrected chi connectivity index (χ3v) is 1.36. The highest BCUT2D eigenvalue weighted by Gasteiger charge is 2.02. The van der Waals surface area contributed by atoms with Gasteiger partial charge in [-0.05, 0) is 13.8 Å². The lowest BCUT2D eigenvalue weighted by Crippen LogP contribution is -2.04. The first-order valence-electron chi connectivity index (χ1n) is 1.92. The van der Waals surface area contributed by atoms with E-state index >= 15 is 0 Å². The molecule has 38 valence electrons. The highest BCUT2D eigenvalue weighted by Crippen LogP contribution is 2.05. The van der Waals surface area contributed by atoms with Gasteiger partial charge in [0.25, 0.3) is 0 Å². The fourth-order valence-corrected chi connectivity index (χ4v) is 0. The average molecular weight is 155 g/mol. The summed E-state index contributed by atoms with van der Waals surface area (Å²) in [4.78, 5) is -0.00231. The fraction of sp³-hybridized carbons (Fsp3) is 1.00. The van der Waals surface area contributed by atoms with Crippen molar-refractivity contribution in [2.75, 3.05) is 0 Å². The van der Waals surface area contributed by atoms with Gasteiger partial charge in [0, 0.05) is 4.83 Å². The Kier molecular flexibility index (Phi) is 2.74. The van der Waals surface area contributed by atoms with Crippen molar-refractivity contribution in [3.05, 3.63) is 0 Å². The summed E-state index contributed by atoms with van der Waals surface area (Å²) in [6.45, 7) is 3.31. The van der Waals surface area contributed by atoms with Gasteiger partial charge in [-0.1, -0.05) is 15.9 Å². The van der Waals surface area contributed by atoms with Crippen LogP contribution in [0.4, 0.5) is 4.39 Å². The molecule has 0 aliphatic carbocycles. The molecule has 0 rings (SSSR count). The molecule has 0 aromatic carbocycles. The van der Waals surface area contributed by atoms with Crippen LogP contribution >= 0.6 is 15.9 Å². The lowest BCUT2D eigenvalue weighted by molar-refractivity contribution is 0.363. The summed E-state index contributed by atoms with van der Waals surface area (Å²) in [5, 5.41) is 0. The third kappa shape index (κ3) is 2.64. The Bertz CT molecular complexity index is 28.5. The summed E-state index contributed by atoms with van der Waals surface area (Å²) in [6, 6.07) is 0. The van der Waals surface area contributed by atoms with Gasteiger partial charge in [-0.3, -0.25) is 0 Å². The molecule has 0 aromatic heterocycles. The van der Waals surface area contributed by atoms with Gasteiger partial charge in [0.15, 0.2) is 0 Å². The molecule has 0 unspecified atom stereocenters. The minimum atomic E-state index is -0.731. The quantitative estimate of drug-likeness (QED) is 0.508. The highest BCUT2D eigenvalue weighted by atomic mass is 79.9. The molecule has 0 heterocycles. The van der Waals surface area contributed by atoms with E-state index in [0.29, 0.717) is 0 Å². The van der Waals surface area contributed by atoms with E-state index in [1.54, 1.807) is 6.92 Å². The normalized spacial score (nSPS) is 20.0. The number of hydrogen-bond acceptors (Lipinski definition) is 0. The maximum Gasteiger partial charge on any atom is 0.109 e. The first kappa shape index (κ1) is 6.41. The molecule has 6 heavy (non-hydrogen) atoms. The van der Waals surface area contributed by atoms with Gasteiger partial charge in [0.2, 0.25) is 0 Å². The molecule has 0 amide bonds. The van der Waals surface area contributed by atoms with Crippen molar-refractivity contribution in [3.8, 4) is 0 Å². The molecule has 0 saturated heterocycles. The van der Waals surface area contributed by atoms with Gasteiger partial charge >= 0.3 is 0 Å². The topological polar surface area (TPSA) is 0 Å². The first-order valence-corrected chi connectivity index (χ1v) is 2.84. The molecule has 0 saturated carbocycles. The Morgan fingerprint density at radius 3 is 1.67 bits per heavy atom. The van der Waals surface area contributed by atoms with Gasteiger partial charge in [-0.25, -0.2) is 4.39 Å². The van der Waals surface area contributed by atoms with Crippen LogP contribution in [0.1, 0.15) is 13.8 Å². The predicted molar refractivity (Wildman–Crippen MR) is 29.0 cm³/mol. The van der Waals surface area contributed by atoms with Crippen molar-refractivity contribution >= 4 is 15.9 Å². The van der Waals surface area contributed by atoms with Crippen LogP contribution in [0, 0.1) is 0 Å². The summed E-state index contributed by atoms with van der Waals surface area (Å²) >= 11 is 3.06. The molecule has 0 aliphatic rings. The standard InChI is InChI=1S/C4H8BrF/c1-3(5)4(2)6/h3-4H,1-2H3/t3-,4+/m0/s1. The molecule has 0 fully saturated rings. The van der Waals surface area contributed by atoms with E-state index < -0.39 is 6.17 Å². The molecule has 0 radical (unpaired) electrons. The van der Waals surface area contributed by atoms with Crippen LogP contribution in [0.25, 0.3) is 0 Å². The van der Waals surface area contributed by atoms with Crippen molar-refractivity contribution in [1.29, 1.82) is 0 Å². The van der Waals surface area contributed by atoms with Crippen molar-refractivity contribution in [1.82, 2.24) is 0 Å².